The summed E-state index contributed by atoms with van der Waals surface area (Å²) in [6.07, 6.45) is 0.113. The van der Waals surface area contributed by atoms with Gasteiger partial charge in [-0.1, -0.05) is 0 Å². The van der Waals surface area contributed by atoms with Crippen molar-refractivity contribution in [2.75, 3.05) is 31.7 Å². The van der Waals surface area contributed by atoms with E-state index in [1.807, 2.05) is 0 Å². The van der Waals surface area contributed by atoms with Gasteiger partial charge in [0.2, 0.25) is 11.8 Å². The largest absolute Gasteiger partial charge is 0.478 e. The summed E-state index contributed by atoms with van der Waals surface area (Å²) in [7, 11) is 1.53. The third kappa shape index (κ3) is 3.38. The van der Waals surface area contributed by atoms with Crippen molar-refractivity contribution in [2.24, 2.45) is 0 Å². The van der Waals surface area contributed by atoms with Gasteiger partial charge < -0.3 is 20.1 Å². The molecule has 2 amide bonds. The third-order valence-corrected chi connectivity index (χ3v) is 3.19. The van der Waals surface area contributed by atoms with Gasteiger partial charge in [0.1, 0.15) is 6.54 Å². The number of aromatic carboxylic acids is 1. The zero-order valence-corrected chi connectivity index (χ0v) is 11.6. The van der Waals surface area contributed by atoms with Crippen molar-refractivity contribution in [3.05, 3.63) is 29.3 Å². The number of ether oxygens (including phenoxy) is 1. The van der Waals surface area contributed by atoms with Gasteiger partial charge in [-0.25, -0.2) is 4.79 Å². The number of amides is 2. The van der Waals surface area contributed by atoms with Crippen LogP contribution in [0.2, 0.25) is 0 Å². The predicted octanol–water partition coefficient (Wildman–Crippen LogP) is 0.0365. The number of hydrogen-bond donors (Lipinski definition) is 2. The number of carboxylic acids is 1. The van der Waals surface area contributed by atoms with E-state index in [1.54, 1.807) is 6.07 Å². The highest BCUT2D eigenvalue weighted by molar-refractivity contribution is 6.05. The van der Waals surface area contributed by atoms with Crippen LogP contribution in [0.4, 0.5) is 5.69 Å². The Kier molecular flexibility index (Phi) is 4.54. The lowest BCUT2D eigenvalue weighted by atomic mass is 10.1. The first kappa shape index (κ1) is 15.0. The molecule has 0 atom stereocenters. The lowest BCUT2D eigenvalue weighted by Crippen LogP contribution is -2.39. The maximum Gasteiger partial charge on any atom is 0.335 e. The van der Waals surface area contributed by atoms with E-state index in [-0.39, 0.29) is 30.3 Å². The SMILES string of the molecule is COCCNC(=O)CN1C(=O)Cc2cc(C(=O)O)ccc21. The Labute approximate surface area is 121 Å². The molecule has 21 heavy (non-hydrogen) atoms. The van der Waals surface area contributed by atoms with Crippen LogP contribution >= 0.6 is 0 Å². The molecule has 7 heteroatoms. The number of nitrogens with one attached hydrogen (secondary N) is 1. The molecule has 0 aromatic heterocycles. The smallest absolute Gasteiger partial charge is 0.335 e. The number of nitrogens with zero attached hydrogens (tertiary/aromatic N) is 1. The second-order valence-electron chi connectivity index (χ2n) is 4.65. The van der Waals surface area contributed by atoms with Crippen molar-refractivity contribution < 1.29 is 24.2 Å². The Bertz CT molecular complexity index is 585. The molecule has 7 nitrogen and oxygen atoms in total. The summed E-state index contributed by atoms with van der Waals surface area (Å²) in [5, 5.41) is 11.6. The second-order valence-corrected chi connectivity index (χ2v) is 4.65. The fourth-order valence-corrected chi connectivity index (χ4v) is 2.18. The van der Waals surface area contributed by atoms with Gasteiger partial charge in [-0.3, -0.25) is 9.59 Å². The van der Waals surface area contributed by atoms with Crippen molar-refractivity contribution in [3.8, 4) is 0 Å². The van der Waals surface area contributed by atoms with Crippen molar-refractivity contribution in [1.82, 2.24) is 5.32 Å². The summed E-state index contributed by atoms with van der Waals surface area (Å²) in [4.78, 5) is 36.0. The zero-order valence-electron chi connectivity index (χ0n) is 11.6. The number of carbonyl (C=O) groups excluding carboxylic acids is 2. The molecule has 2 rings (SSSR count). The number of methoxy groups -OCH3 is 1. The van der Waals surface area contributed by atoms with Crippen molar-refractivity contribution in [3.63, 3.8) is 0 Å². The van der Waals surface area contributed by atoms with Crippen LogP contribution in [0.15, 0.2) is 18.2 Å². The van der Waals surface area contributed by atoms with Crippen molar-refractivity contribution in [1.29, 1.82) is 0 Å². The minimum absolute atomic E-state index is 0.0814. The van der Waals surface area contributed by atoms with Crippen LogP contribution in [-0.4, -0.2) is 49.7 Å². The molecule has 0 aliphatic carbocycles. The highest BCUT2D eigenvalue weighted by atomic mass is 16.5. The average Bonchev–Trinajstić information content (AvgIpc) is 2.74. The summed E-state index contributed by atoms with van der Waals surface area (Å²) >= 11 is 0. The number of benzene rings is 1. The number of fused-ring (bicyclic) bond motifs is 1. The van der Waals surface area contributed by atoms with Crippen LogP contribution in [-0.2, 0) is 20.7 Å². The van der Waals surface area contributed by atoms with Gasteiger partial charge >= 0.3 is 5.97 Å². The minimum Gasteiger partial charge on any atom is -0.478 e. The summed E-state index contributed by atoms with van der Waals surface area (Å²) in [6, 6.07) is 4.46. The average molecular weight is 292 g/mol. The van der Waals surface area contributed by atoms with Crippen molar-refractivity contribution in [2.45, 2.75) is 6.42 Å². The number of hydrogen-bond acceptors (Lipinski definition) is 4. The summed E-state index contributed by atoms with van der Waals surface area (Å²) in [5.74, 6) is -1.54. The lowest BCUT2D eigenvalue weighted by molar-refractivity contribution is -0.123. The number of rotatable bonds is 6. The lowest BCUT2D eigenvalue weighted by Gasteiger charge is -2.17. The van der Waals surface area contributed by atoms with Gasteiger partial charge in [0.05, 0.1) is 18.6 Å². The predicted molar refractivity (Wildman–Crippen MR) is 74.3 cm³/mol. The molecule has 0 bridgehead atoms. The minimum atomic E-state index is -1.04. The molecule has 112 valence electrons. The summed E-state index contributed by atoms with van der Waals surface area (Å²) in [5.41, 5.74) is 1.35. The summed E-state index contributed by atoms with van der Waals surface area (Å²) < 4.78 is 4.82. The second kappa shape index (κ2) is 6.36. The summed E-state index contributed by atoms with van der Waals surface area (Å²) in [6.45, 7) is 0.697. The van der Waals surface area contributed by atoms with Gasteiger partial charge in [-0.15, -0.1) is 0 Å². The Morgan fingerprint density at radius 3 is 2.86 bits per heavy atom. The quantitative estimate of drug-likeness (QED) is 0.722. The van der Waals surface area contributed by atoms with Crippen LogP contribution in [0.25, 0.3) is 0 Å². The van der Waals surface area contributed by atoms with E-state index in [2.05, 4.69) is 5.32 Å². The molecule has 1 heterocycles. The van der Waals surface area contributed by atoms with E-state index < -0.39 is 5.97 Å². The standard InChI is InChI=1S/C14H16N2O5/c1-21-5-4-15-12(17)8-16-11-3-2-9(14(19)20)6-10(11)7-13(16)18/h2-3,6H,4-5,7-8H2,1H3,(H,15,17)(H,19,20). The molecule has 1 aliphatic rings. The number of anilines is 1. The first-order valence-corrected chi connectivity index (χ1v) is 6.45. The van der Waals surface area contributed by atoms with Gasteiger partial charge in [-0.2, -0.15) is 0 Å². The van der Waals surface area contributed by atoms with Crippen LogP contribution in [0.3, 0.4) is 0 Å². The van der Waals surface area contributed by atoms with Gasteiger partial charge in [0.15, 0.2) is 0 Å². The Morgan fingerprint density at radius 2 is 2.19 bits per heavy atom. The Morgan fingerprint density at radius 1 is 1.43 bits per heavy atom. The molecule has 0 fully saturated rings. The number of carbonyl (C=O) groups is 3. The van der Waals surface area contributed by atoms with E-state index in [1.165, 1.54) is 24.1 Å². The molecule has 0 spiro atoms. The van der Waals surface area contributed by atoms with Crippen molar-refractivity contribution >= 4 is 23.5 Å². The normalized spacial score (nSPS) is 13.2. The zero-order chi connectivity index (χ0) is 15.4. The molecule has 1 aromatic rings. The number of carboxylic acid groups (broad SMARTS) is 1. The highest BCUT2D eigenvalue weighted by Crippen LogP contribution is 2.29. The van der Waals surface area contributed by atoms with Crippen LogP contribution in [0, 0.1) is 0 Å². The van der Waals surface area contributed by atoms with Crippen LogP contribution in [0.5, 0.6) is 0 Å². The Hall–Kier alpha value is -2.41. The molecular weight excluding hydrogens is 276 g/mol. The monoisotopic (exact) mass is 292 g/mol. The van der Waals surface area contributed by atoms with Crippen LogP contribution in [0.1, 0.15) is 15.9 Å². The van der Waals surface area contributed by atoms with E-state index in [4.69, 9.17) is 9.84 Å². The van der Waals surface area contributed by atoms with E-state index in [9.17, 15) is 14.4 Å². The fraction of sp³-hybridized carbons (Fsp3) is 0.357. The molecule has 2 N–H and O–H groups in total. The Balaban J connectivity index is 2.08. The molecule has 1 aliphatic heterocycles. The highest BCUT2D eigenvalue weighted by Gasteiger charge is 2.29. The first-order chi connectivity index (χ1) is 10.0. The topological polar surface area (TPSA) is 95.9 Å². The maximum atomic E-state index is 12.0. The van der Waals surface area contributed by atoms with Crippen LogP contribution < -0.4 is 10.2 Å². The first-order valence-electron chi connectivity index (χ1n) is 6.45. The molecule has 0 unspecified atom stereocenters. The molecule has 0 radical (unpaired) electrons. The molecule has 0 saturated heterocycles. The molecule has 1 aromatic carbocycles. The van der Waals surface area contributed by atoms with E-state index >= 15 is 0 Å². The van der Waals surface area contributed by atoms with Gasteiger partial charge in [0, 0.05) is 19.3 Å². The molecular formula is C14H16N2O5. The third-order valence-electron chi connectivity index (χ3n) is 3.19. The van der Waals surface area contributed by atoms with E-state index in [0.717, 1.165) is 0 Å². The van der Waals surface area contributed by atoms with Gasteiger partial charge in [-0.05, 0) is 23.8 Å². The van der Waals surface area contributed by atoms with E-state index in [0.29, 0.717) is 24.4 Å². The molecule has 0 saturated carbocycles. The fourth-order valence-electron chi connectivity index (χ4n) is 2.18. The maximum absolute atomic E-state index is 12.0. The van der Waals surface area contributed by atoms with Gasteiger partial charge in [0.25, 0.3) is 0 Å².